The fraction of sp³-hybridized carbons (Fsp3) is 0.438. The van der Waals surface area contributed by atoms with Gasteiger partial charge in [0.05, 0.1) is 0 Å². The number of carbonyl (C=O) groups excluding carboxylic acids is 1. The molecule has 4 atom stereocenters. The molecule has 3 rings (SSSR count). The lowest BCUT2D eigenvalue weighted by atomic mass is 9.79. The van der Waals surface area contributed by atoms with Gasteiger partial charge in [0.2, 0.25) is 0 Å². The normalized spacial score (nSPS) is 33.0. The second-order valence-electron chi connectivity index (χ2n) is 5.43. The van der Waals surface area contributed by atoms with Gasteiger partial charge < -0.3 is 0 Å². The Balaban J connectivity index is 1.96. The molecule has 0 aromatic heterocycles. The van der Waals surface area contributed by atoms with Gasteiger partial charge in [-0.1, -0.05) is 53.7 Å². The SMILES string of the molecule is CSC(=O)[C@H]1[C@H](c2ccc(C)cc2)[C@H]2C=C[C@@H]1C2. The van der Waals surface area contributed by atoms with Crippen molar-refractivity contribution in [3.05, 3.63) is 47.5 Å². The molecule has 0 spiro atoms. The van der Waals surface area contributed by atoms with Crippen molar-refractivity contribution in [2.45, 2.75) is 19.3 Å². The Morgan fingerprint density at radius 2 is 1.83 bits per heavy atom. The second-order valence-corrected chi connectivity index (χ2v) is 6.24. The zero-order valence-electron chi connectivity index (χ0n) is 10.8. The highest BCUT2D eigenvalue weighted by Crippen LogP contribution is 2.54. The van der Waals surface area contributed by atoms with Gasteiger partial charge in [-0.25, -0.2) is 0 Å². The van der Waals surface area contributed by atoms with Crippen LogP contribution in [0, 0.1) is 24.7 Å². The zero-order valence-corrected chi connectivity index (χ0v) is 11.6. The summed E-state index contributed by atoms with van der Waals surface area (Å²) < 4.78 is 0. The van der Waals surface area contributed by atoms with Crippen LogP contribution in [0.25, 0.3) is 0 Å². The molecule has 0 saturated heterocycles. The third kappa shape index (κ3) is 1.83. The Morgan fingerprint density at radius 1 is 1.17 bits per heavy atom. The number of benzene rings is 1. The summed E-state index contributed by atoms with van der Waals surface area (Å²) in [5.74, 6) is 1.64. The van der Waals surface area contributed by atoms with E-state index < -0.39 is 0 Å². The van der Waals surface area contributed by atoms with Crippen molar-refractivity contribution >= 4 is 16.9 Å². The van der Waals surface area contributed by atoms with E-state index in [0.29, 0.717) is 22.9 Å². The summed E-state index contributed by atoms with van der Waals surface area (Å²) in [6.45, 7) is 2.11. The van der Waals surface area contributed by atoms with Crippen LogP contribution in [-0.4, -0.2) is 11.4 Å². The summed E-state index contributed by atoms with van der Waals surface area (Å²) in [5, 5.41) is 0.359. The largest absolute Gasteiger partial charge is 0.287 e. The van der Waals surface area contributed by atoms with Crippen LogP contribution in [0.15, 0.2) is 36.4 Å². The third-order valence-electron chi connectivity index (χ3n) is 4.39. The molecule has 2 aliphatic carbocycles. The first-order valence-corrected chi connectivity index (χ1v) is 7.76. The maximum atomic E-state index is 12.2. The quantitative estimate of drug-likeness (QED) is 0.751. The van der Waals surface area contributed by atoms with Crippen molar-refractivity contribution < 1.29 is 4.79 Å². The Kier molecular flexibility index (Phi) is 3.06. The monoisotopic (exact) mass is 258 g/mol. The lowest BCUT2D eigenvalue weighted by Crippen LogP contribution is -2.24. The van der Waals surface area contributed by atoms with Crippen molar-refractivity contribution in [1.29, 1.82) is 0 Å². The fourth-order valence-electron chi connectivity index (χ4n) is 3.52. The van der Waals surface area contributed by atoms with Crippen LogP contribution in [0.5, 0.6) is 0 Å². The molecular formula is C16H18OS. The van der Waals surface area contributed by atoms with Crippen LogP contribution in [0.3, 0.4) is 0 Å². The van der Waals surface area contributed by atoms with Gasteiger partial charge in [0.1, 0.15) is 0 Å². The summed E-state index contributed by atoms with van der Waals surface area (Å²) in [7, 11) is 0. The lowest BCUT2D eigenvalue weighted by molar-refractivity contribution is -0.115. The first-order chi connectivity index (χ1) is 8.70. The highest BCUT2D eigenvalue weighted by molar-refractivity contribution is 8.13. The molecule has 1 fully saturated rings. The van der Waals surface area contributed by atoms with Gasteiger partial charge in [-0.2, -0.15) is 0 Å². The number of carbonyl (C=O) groups is 1. The Labute approximate surface area is 113 Å². The number of thioether (sulfide) groups is 1. The lowest BCUT2D eigenvalue weighted by Gasteiger charge is -2.26. The van der Waals surface area contributed by atoms with Crippen LogP contribution in [0.2, 0.25) is 0 Å². The summed E-state index contributed by atoms with van der Waals surface area (Å²) in [4.78, 5) is 12.2. The van der Waals surface area contributed by atoms with Crippen LogP contribution >= 0.6 is 11.8 Å². The number of hydrogen-bond donors (Lipinski definition) is 0. The number of rotatable bonds is 2. The van der Waals surface area contributed by atoms with E-state index in [-0.39, 0.29) is 5.92 Å². The third-order valence-corrected chi connectivity index (χ3v) is 5.07. The number of fused-ring (bicyclic) bond motifs is 2. The average molecular weight is 258 g/mol. The molecule has 1 saturated carbocycles. The van der Waals surface area contributed by atoms with E-state index >= 15 is 0 Å². The average Bonchev–Trinajstić information content (AvgIpc) is 2.99. The van der Waals surface area contributed by atoms with Gasteiger partial charge in [-0.3, -0.25) is 4.79 Å². The first-order valence-electron chi connectivity index (χ1n) is 6.53. The van der Waals surface area contributed by atoms with Gasteiger partial charge in [0.15, 0.2) is 5.12 Å². The molecule has 1 aromatic rings. The summed E-state index contributed by atoms with van der Waals surface area (Å²) in [6, 6.07) is 8.72. The standard InChI is InChI=1S/C16H18OS/c1-10-3-5-11(6-4-10)14-12-7-8-13(9-12)15(14)16(17)18-2/h3-8,12-15H,9H2,1-2H3/t12-,13+,14+,15+/m0/s1. The van der Waals surface area contributed by atoms with E-state index in [1.807, 2.05) is 6.26 Å². The molecule has 0 heterocycles. The van der Waals surface area contributed by atoms with Crippen LogP contribution in [0.4, 0.5) is 0 Å². The van der Waals surface area contributed by atoms with E-state index in [9.17, 15) is 4.79 Å². The van der Waals surface area contributed by atoms with Crippen molar-refractivity contribution in [1.82, 2.24) is 0 Å². The Morgan fingerprint density at radius 3 is 2.50 bits per heavy atom. The van der Waals surface area contributed by atoms with Gasteiger partial charge in [-0.05, 0) is 37.0 Å². The molecule has 94 valence electrons. The van der Waals surface area contributed by atoms with Crippen LogP contribution in [-0.2, 0) is 4.79 Å². The molecule has 0 amide bonds. The van der Waals surface area contributed by atoms with Gasteiger partial charge in [0.25, 0.3) is 0 Å². The van der Waals surface area contributed by atoms with Crippen molar-refractivity contribution in [3.63, 3.8) is 0 Å². The maximum Gasteiger partial charge on any atom is 0.192 e. The number of aryl methyl sites for hydroxylation is 1. The molecule has 0 radical (unpaired) electrons. The summed E-state index contributed by atoms with van der Waals surface area (Å²) in [6.07, 6.45) is 7.65. The van der Waals surface area contributed by atoms with Gasteiger partial charge in [0, 0.05) is 11.8 Å². The molecule has 0 aliphatic heterocycles. The van der Waals surface area contributed by atoms with E-state index in [2.05, 4.69) is 43.3 Å². The minimum absolute atomic E-state index is 0.192. The van der Waals surface area contributed by atoms with Crippen molar-refractivity contribution in [2.24, 2.45) is 17.8 Å². The first kappa shape index (κ1) is 12.0. The molecule has 1 nitrogen and oxygen atoms in total. The smallest absolute Gasteiger partial charge is 0.192 e. The van der Waals surface area contributed by atoms with E-state index in [0.717, 1.165) is 6.42 Å². The minimum atomic E-state index is 0.192. The Hall–Kier alpha value is -1.02. The van der Waals surface area contributed by atoms with Crippen LogP contribution < -0.4 is 0 Å². The molecule has 2 bridgehead atoms. The molecule has 1 aromatic carbocycles. The Bertz CT molecular complexity index is 488. The molecule has 18 heavy (non-hydrogen) atoms. The highest BCUT2D eigenvalue weighted by Gasteiger charge is 2.48. The van der Waals surface area contributed by atoms with E-state index in [1.165, 1.54) is 22.9 Å². The van der Waals surface area contributed by atoms with Crippen molar-refractivity contribution in [2.75, 3.05) is 6.26 Å². The zero-order chi connectivity index (χ0) is 12.7. The van der Waals surface area contributed by atoms with Gasteiger partial charge in [-0.15, -0.1) is 0 Å². The number of allylic oxidation sites excluding steroid dienone is 2. The molecule has 0 N–H and O–H groups in total. The highest BCUT2D eigenvalue weighted by atomic mass is 32.2. The summed E-state index contributed by atoms with van der Waals surface area (Å²) in [5.41, 5.74) is 2.62. The predicted octanol–water partition coefficient (Wildman–Crippen LogP) is 3.79. The van der Waals surface area contributed by atoms with Gasteiger partial charge >= 0.3 is 0 Å². The predicted molar refractivity (Wildman–Crippen MR) is 76.7 cm³/mol. The van der Waals surface area contributed by atoms with E-state index in [1.54, 1.807) is 0 Å². The van der Waals surface area contributed by atoms with Crippen LogP contribution in [0.1, 0.15) is 23.5 Å². The maximum absolute atomic E-state index is 12.2. The second kappa shape index (κ2) is 4.58. The van der Waals surface area contributed by atoms with E-state index in [4.69, 9.17) is 0 Å². The number of hydrogen-bond acceptors (Lipinski definition) is 2. The minimum Gasteiger partial charge on any atom is -0.287 e. The molecule has 0 unspecified atom stereocenters. The molecular weight excluding hydrogens is 240 g/mol. The topological polar surface area (TPSA) is 17.1 Å². The summed E-state index contributed by atoms with van der Waals surface area (Å²) >= 11 is 1.39. The van der Waals surface area contributed by atoms with Crippen molar-refractivity contribution in [3.8, 4) is 0 Å². The fourth-order valence-corrected chi connectivity index (χ4v) is 4.12. The molecule has 2 heteroatoms. The molecule has 2 aliphatic rings.